The zero-order chi connectivity index (χ0) is 50.0. The van der Waals surface area contributed by atoms with Gasteiger partial charge in [-0.25, -0.2) is 0 Å². The number of allylic oxidation sites excluding steroid dienone is 5. The molecular weight excluding hydrogens is 851 g/mol. The number of ether oxygens (including phenoxy) is 1. The van der Waals surface area contributed by atoms with Gasteiger partial charge in [-0.05, 0) is 83.5 Å². The Hall–Kier alpha value is -1.92. The summed E-state index contributed by atoms with van der Waals surface area (Å²) < 4.78 is 5.48. The van der Waals surface area contributed by atoms with E-state index < -0.39 is 12.1 Å². The molecular formula is C63H119NO5. The van der Waals surface area contributed by atoms with Gasteiger partial charge >= 0.3 is 5.97 Å². The monoisotopic (exact) mass is 970 g/mol. The van der Waals surface area contributed by atoms with Gasteiger partial charge in [0.25, 0.3) is 0 Å². The first kappa shape index (κ1) is 67.1. The predicted molar refractivity (Wildman–Crippen MR) is 301 cm³/mol. The van der Waals surface area contributed by atoms with Gasteiger partial charge < -0.3 is 20.3 Å². The van der Waals surface area contributed by atoms with E-state index in [0.29, 0.717) is 19.4 Å². The molecule has 0 saturated carbocycles. The lowest BCUT2D eigenvalue weighted by molar-refractivity contribution is -0.143. The van der Waals surface area contributed by atoms with Crippen LogP contribution in [0.5, 0.6) is 0 Å². The van der Waals surface area contributed by atoms with E-state index in [4.69, 9.17) is 4.74 Å². The third kappa shape index (κ3) is 55.2. The van der Waals surface area contributed by atoms with E-state index >= 15 is 0 Å². The molecule has 0 fully saturated rings. The van der Waals surface area contributed by atoms with Crippen LogP contribution in [0.2, 0.25) is 0 Å². The van der Waals surface area contributed by atoms with Crippen molar-refractivity contribution in [1.29, 1.82) is 0 Å². The molecule has 2 unspecified atom stereocenters. The first-order chi connectivity index (χ1) is 34.0. The molecule has 0 radical (unpaired) electrons. The van der Waals surface area contributed by atoms with Gasteiger partial charge in [0.1, 0.15) is 0 Å². The van der Waals surface area contributed by atoms with Gasteiger partial charge in [0.2, 0.25) is 5.91 Å². The van der Waals surface area contributed by atoms with Crippen LogP contribution in [0.3, 0.4) is 0 Å². The lowest BCUT2D eigenvalue weighted by atomic mass is 10.0. The number of hydrogen-bond acceptors (Lipinski definition) is 5. The summed E-state index contributed by atoms with van der Waals surface area (Å²) in [6, 6.07) is -0.629. The quantitative estimate of drug-likeness (QED) is 0.0321. The van der Waals surface area contributed by atoms with Crippen LogP contribution in [0.1, 0.15) is 328 Å². The van der Waals surface area contributed by atoms with Gasteiger partial charge in [-0.3, -0.25) is 9.59 Å². The largest absolute Gasteiger partial charge is 0.466 e. The second-order valence-corrected chi connectivity index (χ2v) is 21.0. The highest BCUT2D eigenvalue weighted by Gasteiger charge is 2.18. The molecule has 0 bridgehead atoms. The highest BCUT2D eigenvalue weighted by molar-refractivity contribution is 5.76. The van der Waals surface area contributed by atoms with Crippen molar-refractivity contribution >= 4 is 11.9 Å². The van der Waals surface area contributed by atoms with Crippen LogP contribution in [-0.4, -0.2) is 47.4 Å². The van der Waals surface area contributed by atoms with Gasteiger partial charge in [-0.15, -0.1) is 0 Å². The lowest BCUT2D eigenvalue weighted by Gasteiger charge is -2.20. The Balaban J connectivity index is 3.41. The van der Waals surface area contributed by atoms with Crippen molar-refractivity contribution in [3.63, 3.8) is 0 Å². The minimum atomic E-state index is -0.846. The number of nitrogens with one attached hydrogen (secondary N) is 1. The van der Waals surface area contributed by atoms with E-state index in [1.807, 2.05) is 6.08 Å². The number of carbonyl (C=O) groups is 2. The summed E-state index contributed by atoms with van der Waals surface area (Å²) in [5, 5.41) is 23.1. The fraction of sp³-hybridized carbons (Fsp3) is 0.873. The fourth-order valence-electron chi connectivity index (χ4n) is 9.39. The van der Waals surface area contributed by atoms with Gasteiger partial charge in [-0.1, -0.05) is 269 Å². The van der Waals surface area contributed by atoms with Crippen molar-refractivity contribution in [2.75, 3.05) is 13.2 Å². The molecule has 6 nitrogen and oxygen atoms in total. The Labute approximate surface area is 430 Å². The van der Waals surface area contributed by atoms with Crippen LogP contribution in [0.25, 0.3) is 0 Å². The van der Waals surface area contributed by atoms with Crippen molar-refractivity contribution in [1.82, 2.24) is 5.32 Å². The minimum absolute atomic E-state index is 0.00432. The first-order valence-corrected chi connectivity index (χ1v) is 30.8. The summed E-state index contributed by atoms with van der Waals surface area (Å²) in [5.74, 6) is -0.0666. The zero-order valence-corrected chi connectivity index (χ0v) is 46.3. The molecule has 0 rings (SSSR count). The van der Waals surface area contributed by atoms with Crippen molar-refractivity contribution in [3.05, 3.63) is 36.5 Å². The minimum Gasteiger partial charge on any atom is -0.466 e. The number of aliphatic hydroxyl groups excluding tert-OH is 2. The second-order valence-electron chi connectivity index (χ2n) is 21.0. The summed E-state index contributed by atoms with van der Waals surface area (Å²) in [6.07, 6.45) is 73.3. The van der Waals surface area contributed by atoms with E-state index in [-0.39, 0.29) is 18.5 Å². The molecule has 0 heterocycles. The number of unbranched alkanes of at least 4 members (excludes halogenated alkanes) is 42. The van der Waals surface area contributed by atoms with E-state index in [0.717, 1.165) is 44.9 Å². The molecule has 2 atom stereocenters. The molecule has 69 heavy (non-hydrogen) atoms. The summed E-state index contributed by atoms with van der Waals surface area (Å²) in [5.41, 5.74) is 0. The Morgan fingerprint density at radius 3 is 1.03 bits per heavy atom. The topological polar surface area (TPSA) is 95.9 Å². The molecule has 0 aromatic carbocycles. The van der Waals surface area contributed by atoms with Gasteiger partial charge in [0, 0.05) is 12.8 Å². The Kier molecular flexibility index (Phi) is 57.0. The number of esters is 1. The molecule has 0 aliphatic carbocycles. The maximum atomic E-state index is 12.4. The number of carbonyl (C=O) groups excluding carboxylic acids is 2. The van der Waals surface area contributed by atoms with E-state index in [9.17, 15) is 19.8 Å². The highest BCUT2D eigenvalue weighted by Crippen LogP contribution is 2.17. The molecule has 0 aliphatic heterocycles. The molecule has 3 N–H and O–H groups in total. The Morgan fingerprint density at radius 2 is 0.681 bits per heavy atom. The van der Waals surface area contributed by atoms with Crippen LogP contribution in [0, 0.1) is 0 Å². The Bertz CT molecular complexity index is 1120. The lowest BCUT2D eigenvalue weighted by Crippen LogP contribution is -2.45. The van der Waals surface area contributed by atoms with E-state index in [2.05, 4.69) is 43.5 Å². The predicted octanol–water partition coefficient (Wildman–Crippen LogP) is 19.2. The van der Waals surface area contributed by atoms with Crippen LogP contribution >= 0.6 is 0 Å². The average molecular weight is 971 g/mol. The molecule has 0 saturated heterocycles. The number of hydrogen-bond donors (Lipinski definition) is 3. The zero-order valence-electron chi connectivity index (χ0n) is 46.3. The van der Waals surface area contributed by atoms with E-state index in [1.54, 1.807) is 6.08 Å². The average Bonchev–Trinajstić information content (AvgIpc) is 3.35. The summed E-state index contributed by atoms with van der Waals surface area (Å²) in [4.78, 5) is 24.5. The fourth-order valence-corrected chi connectivity index (χ4v) is 9.39. The molecule has 0 spiro atoms. The van der Waals surface area contributed by atoms with Crippen LogP contribution in [-0.2, 0) is 14.3 Å². The van der Waals surface area contributed by atoms with Crippen LogP contribution in [0.4, 0.5) is 0 Å². The number of aliphatic hydroxyl groups is 2. The molecule has 406 valence electrons. The van der Waals surface area contributed by atoms with Gasteiger partial charge in [0.15, 0.2) is 0 Å². The van der Waals surface area contributed by atoms with Gasteiger partial charge in [0.05, 0.1) is 25.4 Å². The maximum Gasteiger partial charge on any atom is 0.305 e. The summed E-state index contributed by atoms with van der Waals surface area (Å²) >= 11 is 0. The van der Waals surface area contributed by atoms with Crippen LogP contribution < -0.4 is 5.32 Å². The number of amides is 1. The second kappa shape index (κ2) is 58.6. The van der Waals surface area contributed by atoms with E-state index in [1.165, 1.54) is 257 Å². The smallest absolute Gasteiger partial charge is 0.305 e. The summed E-state index contributed by atoms with van der Waals surface area (Å²) in [6.45, 7) is 4.89. The third-order valence-corrected chi connectivity index (χ3v) is 14.1. The maximum absolute atomic E-state index is 12.4. The number of rotatable bonds is 57. The summed E-state index contributed by atoms with van der Waals surface area (Å²) in [7, 11) is 0. The highest BCUT2D eigenvalue weighted by atomic mass is 16.5. The molecule has 0 aromatic heterocycles. The molecule has 1 amide bonds. The first-order valence-electron chi connectivity index (χ1n) is 30.8. The molecule has 6 heteroatoms. The SMILES string of the molecule is CCCCCCC/C=C\CCCCCCCC(=O)OCCCCCCCCCCCCCC/C=C\CCCCCCCCCCCC(=O)NC(CO)C(O)/C=C/CCCCCCCCCCCCC. The van der Waals surface area contributed by atoms with Gasteiger partial charge in [-0.2, -0.15) is 0 Å². The third-order valence-electron chi connectivity index (χ3n) is 14.1. The normalized spacial score (nSPS) is 12.8. The molecule has 0 aromatic rings. The van der Waals surface area contributed by atoms with Crippen molar-refractivity contribution in [3.8, 4) is 0 Å². The van der Waals surface area contributed by atoms with Crippen molar-refractivity contribution in [2.45, 2.75) is 341 Å². The van der Waals surface area contributed by atoms with Crippen LogP contribution in [0.15, 0.2) is 36.5 Å². The molecule has 0 aliphatic rings. The van der Waals surface area contributed by atoms with Crippen molar-refractivity contribution < 1.29 is 24.5 Å². The Morgan fingerprint density at radius 1 is 0.391 bits per heavy atom. The standard InChI is InChI=1S/C63H119NO5/c1-3-5-7-9-11-13-15-17-33-37-41-45-49-53-57-63(68)69-58-54-50-46-42-38-34-30-28-26-24-22-20-18-19-21-23-25-27-29-32-36-40-44-48-52-56-62(67)64-60(59-65)61(66)55-51-47-43-39-35-31-16-14-12-10-8-6-4-2/h15,17,19,21,51,55,60-61,65-66H,3-14,16,18,20,22-50,52-54,56-59H2,1-2H3,(H,64,67)/b17-15-,21-19-,55-51+. The van der Waals surface area contributed by atoms with Crippen molar-refractivity contribution in [2.24, 2.45) is 0 Å².